The van der Waals surface area contributed by atoms with Crippen LogP contribution in [-0.2, 0) is 0 Å². The predicted molar refractivity (Wildman–Crippen MR) is 78.5 cm³/mol. The first-order chi connectivity index (χ1) is 8.90. The van der Waals surface area contributed by atoms with Crippen LogP contribution >= 0.6 is 11.3 Å². The molecule has 18 heavy (non-hydrogen) atoms. The standard InChI is InChI=1S/C14H19N3S/c1-2-15-10-11-4-3-8-17(11)14-12-6-9-18-13(12)5-7-16-14/h5-7,9,11,15H,2-4,8,10H2,1H3. The van der Waals surface area contributed by atoms with Crippen LogP contribution in [0.5, 0.6) is 0 Å². The van der Waals surface area contributed by atoms with E-state index in [1.807, 2.05) is 6.20 Å². The summed E-state index contributed by atoms with van der Waals surface area (Å²) in [5.41, 5.74) is 0. The number of nitrogens with zero attached hydrogens (tertiary/aromatic N) is 2. The molecule has 3 rings (SSSR count). The lowest BCUT2D eigenvalue weighted by Crippen LogP contribution is -2.38. The molecule has 4 heteroatoms. The summed E-state index contributed by atoms with van der Waals surface area (Å²) in [7, 11) is 0. The maximum atomic E-state index is 4.62. The smallest absolute Gasteiger partial charge is 0.137 e. The van der Waals surface area contributed by atoms with E-state index in [9.17, 15) is 0 Å². The Morgan fingerprint density at radius 3 is 3.33 bits per heavy atom. The van der Waals surface area contributed by atoms with Crippen molar-refractivity contribution in [2.75, 3.05) is 24.5 Å². The van der Waals surface area contributed by atoms with Gasteiger partial charge in [0.25, 0.3) is 0 Å². The monoisotopic (exact) mass is 261 g/mol. The van der Waals surface area contributed by atoms with Gasteiger partial charge in [0.2, 0.25) is 0 Å². The largest absolute Gasteiger partial charge is 0.352 e. The molecule has 2 aromatic heterocycles. The van der Waals surface area contributed by atoms with Gasteiger partial charge in [0.15, 0.2) is 0 Å². The second-order valence-electron chi connectivity index (χ2n) is 4.76. The molecule has 0 aromatic carbocycles. The molecule has 0 spiro atoms. The van der Waals surface area contributed by atoms with Crippen LogP contribution in [0.15, 0.2) is 23.7 Å². The summed E-state index contributed by atoms with van der Waals surface area (Å²) in [5.74, 6) is 1.18. The van der Waals surface area contributed by atoms with Crippen LogP contribution < -0.4 is 10.2 Å². The zero-order valence-corrected chi connectivity index (χ0v) is 11.5. The summed E-state index contributed by atoms with van der Waals surface area (Å²) in [6.07, 6.45) is 4.49. The zero-order valence-electron chi connectivity index (χ0n) is 10.7. The molecular formula is C14H19N3S. The molecule has 1 saturated heterocycles. The summed E-state index contributed by atoms with van der Waals surface area (Å²) in [4.78, 5) is 7.11. The third-order valence-electron chi connectivity index (χ3n) is 3.64. The number of nitrogens with one attached hydrogen (secondary N) is 1. The van der Waals surface area contributed by atoms with Gasteiger partial charge in [-0.05, 0) is 36.9 Å². The summed E-state index contributed by atoms with van der Waals surface area (Å²) in [6.45, 7) is 5.41. The molecule has 0 bridgehead atoms. The first-order valence-electron chi connectivity index (χ1n) is 6.69. The summed E-state index contributed by atoms with van der Waals surface area (Å²) in [6, 6.07) is 4.91. The highest BCUT2D eigenvalue weighted by Gasteiger charge is 2.26. The fourth-order valence-corrected chi connectivity index (χ4v) is 3.52. The van der Waals surface area contributed by atoms with Crippen LogP contribution in [0.3, 0.4) is 0 Å². The molecule has 0 radical (unpaired) electrons. The van der Waals surface area contributed by atoms with Crippen molar-refractivity contribution in [3.05, 3.63) is 23.7 Å². The third-order valence-corrected chi connectivity index (χ3v) is 4.52. The molecule has 3 heterocycles. The third kappa shape index (κ3) is 2.10. The van der Waals surface area contributed by atoms with Crippen molar-refractivity contribution < 1.29 is 0 Å². The van der Waals surface area contributed by atoms with E-state index in [-0.39, 0.29) is 0 Å². The quantitative estimate of drug-likeness (QED) is 0.917. The average molecular weight is 261 g/mol. The highest BCUT2D eigenvalue weighted by atomic mass is 32.1. The van der Waals surface area contributed by atoms with Gasteiger partial charge < -0.3 is 10.2 Å². The molecule has 0 amide bonds. The predicted octanol–water partition coefficient (Wildman–Crippen LogP) is 2.87. The van der Waals surface area contributed by atoms with Gasteiger partial charge in [0.05, 0.1) is 0 Å². The van der Waals surface area contributed by atoms with E-state index in [4.69, 9.17) is 0 Å². The van der Waals surface area contributed by atoms with E-state index in [1.54, 1.807) is 11.3 Å². The summed E-state index contributed by atoms with van der Waals surface area (Å²) < 4.78 is 1.34. The van der Waals surface area contributed by atoms with E-state index >= 15 is 0 Å². The van der Waals surface area contributed by atoms with Gasteiger partial charge in [-0.25, -0.2) is 4.98 Å². The maximum Gasteiger partial charge on any atom is 0.137 e. The first-order valence-corrected chi connectivity index (χ1v) is 7.57. The van der Waals surface area contributed by atoms with Gasteiger partial charge in [-0.3, -0.25) is 0 Å². The van der Waals surface area contributed by atoms with Crippen molar-refractivity contribution in [1.29, 1.82) is 0 Å². The lowest BCUT2D eigenvalue weighted by Gasteiger charge is -2.26. The fraction of sp³-hybridized carbons (Fsp3) is 0.500. The molecular weight excluding hydrogens is 242 g/mol. The van der Waals surface area contributed by atoms with Gasteiger partial charge in [-0.1, -0.05) is 6.92 Å². The van der Waals surface area contributed by atoms with E-state index in [2.05, 4.69) is 39.6 Å². The lowest BCUT2D eigenvalue weighted by molar-refractivity contribution is 0.585. The van der Waals surface area contributed by atoms with Crippen LogP contribution in [0.1, 0.15) is 19.8 Å². The second kappa shape index (κ2) is 5.24. The molecule has 0 saturated carbocycles. The number of likely N-dealkylation sites (N-methyl/N-ethyl adjacent to an activating group) is 1. The Kier molecular flexibility index (Phi) is 3.48. The fourth-order valence-electron chi connectivity index (χ4n) is 2.75. The topological polar surface area (TPSA) is 28.2 Å². The Bertz CT molecular complexity index is 522. The molecule has 96 valence electrons. The van der Waals surface area contributed by atoms with Crippen LogP contribution in [-0.4, -0.2) is 30.7 Å². The molecule has 1 unspecified atom stereocenters. The Morgan fingerprint density at radius 1 is 1.50 bits per heavy atom. The van der Waals surface area contributed by atoms with E-state index < -0.39 is 0 Å². The Labute approximate surface area is 112 Å². The summed E-state index contributed by atoms with van der Waals surface area (Å²) >= 11 is 1.80. The molecule has 1 fully saturated rings. The molecule has 1 atom stereocenters. The lowest BCUT2D eigenvalue weighted by atomic mass is 10.2. The number of hydrogen-bond donors (Lipinski definition) is 1. The van der Waals surface area contributed by atoms with Gasteiger partial charge >= 0.3 is 0 Å². The van der Waals surface area contributed by atoms with Crippen molar-refractivity contribution in [2.45, 2.75) is 25.8 Å². The maximum absolute atomic E-state index is 4.62. The minimum Gasteiger partial charge on any atom is -0.352 e. The normalized spacial score (nSPS) is 19.8. The van der Waals surface area contributed by atoms with Crippen molar-refractivity contribution in [3.8, 4) is 0 Å². The number of aromatic nitrogens is 1. The SMILES string of the molecule is CCNCC1CCCN1c1nccc2sccc12. The number of anilines is 1. The number of pyridine rings is 1. The zero-order chi connectivity index (χ0) is 12.4. The minimum absolute atomic E-state index is 0.600. The van der Waals surface area contributed by atoms with Gasteiger partial charge in [-0.15, -0.1) is 11.3 Å². The molecule has 0 aliphatic carbocycles. The van der Waals surface area contributed by atoms with Crippen molar-refractivity contribution >= 4 is 27.2 Å². The van der Waals surface area contributed by atoms with Gasteiger partial charge in [0, 0.05) is 35.4 Å². The molecule has 1 aliphatic rings. The van der Waals surface area contributed by atoms with Crippen LogP contribution in [0.2, 0.25) is 0 Å². The first kappa shape index (κ1) is 11.9. The van der Waals surface area contributed by atoms with E-state index in [0.29, 0.717) is 6.04 Å². The van der Waals surface area contributed by atoms with Gasteiger partial charge in [-0.2, -0.15) is 0 Å². The van der Waals surface area contributed by atoms with Crippen LogP contribution in [0.4, 0.5) is 5.82 Å². The molecule has 2 aromatic rings. The molecule has 3 nitrogen and oxygen atoms in total. The Hall–Kier alpha value is -1.13. The number of thiophene rings is 1. The van der Waals surface area contributed by atoms with Crippen molar-refractivity contribution in [3.63, 3.8) is 0 Å². The van der Waals surface area contributed by atoms with E-state index in [0.717, 1.165) is 19.6 Å². The highest BCUT2D eigenvalue weighted by Crippen LogP contribution is 2.32. The van der Waals surface area contributed by atoms with Crippen molar-refractivity contribution in [2.24, 2.45) is 0 Å². The number of fused-ring (bicyclic) bond motifs is 1. The number of hydrogen-bond acceptors (Lipinski definition) is 4. The Balaban J connectivity index is 1.90. The second-order valence-corrected chi connectivity index (χ2v) is 5.71. The van der Waals surface area contributed by atoms with Crippen LogP contribution in [0, 0.1) is 0 Å². The van der Waals surface area contributed by atoms with Crippen LogP contribution in [0.25, 0.3) is 10.1 Å². The molecule has 1 aliphatic heterocycles. The van der Waals surface area contributed by atoms with Gasteiger partial charge in [0.1, 0.15) is 5.82 Å². The number of rotatable bonds is 4. The minimum atomic E-state index is 0.600. The average Bonchev–Trinajstić information content (AvgIpc) is 3.04. The van der Waals surface area contributed by atoms with E-state index in [1.165, 1.54) is 28.7 Å². The Morgan fingerprint density at radius 2 is 2.44 bits per heavy atom. The summed E-state index contributed by atoms with van der Waals surface area (Å²) in [5, 5.41) is 6.93. The highest BCUT2D eigenvalue weighted by molar-refractivity contribution is 7.17. The van der Waals surface area contributed by atoms with Crippen molar-refractivity contribution in [1.82, 2.24) is 10.3 Å². The molecule has 1 N–H and O–H groups in total.